The summed E-state index contributed by atoms with van der Waals surface area (Å²) in [5, 5.41) is 19.4. The minimum atomic E-state index is -1.17. The normalized spacial score (nSPS) is 14.7. The van der Waals surface area contributed by atoms with Crippen LogP contribution in [-0.4, -0.2) is 29.1 Å². The van der Waals surface area contributed by atoms with Gasteiger partial charge in [-0.15, -0.1) is 0 Å². The molecule has 4 N–H and O–H groups in total. The number of nitrogens with two attached hydrogens (primary N) is 1. The van der Waals surface area contributed by atoms with Crippen LogP contribution in [0.4, 0.5) is 0 Å². The first-order chi connectivity index (χ1) is 7.10. The summed E-state index contributed by atoms with van der Waals surface area (Å²) in [6, 6.07) is 4.46. The minimum Gasteiger partial charge on any atom is -0.389 e. The Hall–Kier alpha value is -0.940. The van der Waals surface area contributed by atoms with Crippen LogP contribution < -0.4 is 5.73 Å². The molecular weight excluding hydrogens is 218 g/mol. The van der Waals surface area contributed by atoms with Crippen molar-refractivity contribution in [1.29, 1.82) is 0 Å². The molecule has 5 heteroatoms. The van der Waals surface area contributed by atoms with Crippen molar-refractivity contribution < 1.29 is 15.0 Å². The third-order valence-electron chi connectivity index (χ3n) is 2.10. The summed E-state index contributed by atoms with van der Waals surface area (Å²) < 4.78 is 0. The highest BCUT2D eigenvalue weighted by Gasteiger charge is 2.19. The van der Waals surface area contributed by atoms with Gasteiger partial charge in [-0.3, -0.25) is 4.79 Å². The fourth-order valence-electron chi connectivity index (χ4n) is 1.25. The molecule has 0 aromatic heterocycles. The molecule has 0 fully saturated rings. The van der Waals surface area contributed by atoms with E-state index in [9.17, 15) is 15.0 Å². The number of rotatable bonds is 4. The fourth-order valence-corrected chi connectivity index (χ4v) is 1.43. The summed E-state index contributed by atoms with van der Waals surface area (Å²) in [5.74, 6) is 0. The van der Waals surface area contributed by atoms with Crippen LogP contribution in [0.2, 0.25) is 5.02 Å². The first-order valence-electron chi connectivity index (χ1n) is 4.41. The predicted molar refractivity (Wildman–Crippen MR) is 56.9 cm³/mol. The van der Waals surface area contributed by atoms with E-state index >= 15 is 0 Å². The average Bonchev–Trinajstić information content (AvgIpc) is 2.26. The van der Waals surface area contributed by atoms with E-state index in [1.165, 1.54) is 18.2 Å². The molecule has 15 heavy (non-hydrogen) atoms. The minimum absolute atomic E-state index is 0.0813. The van der Waals surface area contributed by atoms with Gasteiger partial charge in [0.2, 0.25) is 0 Å². The number of halogens is 1. The van der Waals surface area contributed by atoms with Crippen LogP contribution in [0.25, 0.3) is 0 Å². The van der Waals surface area contributed by atoms with Crippen molar-refractivity contribution in [2.75, 3.05) is 6.54 Å². The van der Waals surface area contributed by atoms with Gasteiger partial charge in [-0.25, -0.2) is 0 Å². The third-order valence-corrected chi connectivity index (χ3v) is 2.34. The number of hydrogen-bond acceptors (Lipinski definition) is 4. The van der Waals surface area contributed by atoms with E-state index in [4.69, 9.17) is 17.3 Å². The Balaban J connectivity index is 3.07. The molecule has 0 saturated heterocycles. The van der Waals surface area contributed by atoms with Crippen LogP contribution in [0.15, 0.2) is 18.2 Å². The molecule has 1 rings (SSSR count). The van der Waals surface area contributed by atoms with Gasteiger partial charge in [0.15, 0.2) is 0 Å². The average molecular weight is 230 g/mol. The fraction of sp³-hybridized carbons (Fsp3) is 0.300. The highest BCUT2D eigenvalue weighted by molar-refractivity contribution is 6.30. The Kier molecular flexibility index (Phi) is 4.23. The Morgan fingerprint density at radius 1 is 1.47 bits per heavy atom. The molecule has 0 amide bonds. The van der Waals surface area contributed by atoms with Crippen molar-refractivity contribution in [2.24, 2.45) is 5.73 Å². The van der Waals surface area contributed by atoms with Crippen LogP contribution >= 0.6 is 11.6 Å². The molecule has 0 aliphatic rings. The van der Waals surface area contributed by atoms with Gasteiger partial charge >= 0.3 is 0 Å². The smallest absolute Gasteiger partial charge is 0.150 e. The number of carbonyl (C=O) groups excluding carboxylic acids is 1. The van der Waals surface area contributed by atoms with E-state index in [1.807, 2.05) is 0 Å². The van der Waals surface area contributed by atoms with Gasteiger partial charge in [0.25, 0.3) is 0 Å². The number of hydrogen-bond donors (Lipinski definition) is 3. The Morgan fingerprint density at radius 2 is 2.13 bits per heavy atom. The van der Waals surface area contributed by atoms with Gasteiger partial charge in [0.1, 0.15) is 12.4 Å². The van der Waals surface area contributed by atoms with Gasteiger partial charge in [-0.2, -0.15) is 0 Å². The van der Waals surface area contributed by atoms with Gasteiger partial charge in [0, 0.05) is 17.1 Å². The molecule has 1 aromatic carbocycles. The standard InChI is InChI=1S/C10H12ClNO3/c11-7-1-2-8(6(3-7)5-13)10(15)9(14)4-12/h1-3,5,9-10,14-15H,4,12H2. The van der Waals surface area contributed by atoms with E-state index in [0.29, 0.717) is 16.9 Å². The first-order valence-corrected chi connectivity index (χ1v) is 4.78. The molecular formula is C10H12ClNO3. The highest BCUT2D eigenvalue weighted by Crippen LogP contribution is 2.22. The van der Waals surface area contributed by atoms with Crippen LogP contribution in [0.1, 0.15) is 22.0 Å². The maximum absolute atomic E-state index is 10.7. The summed E-state index contributed by atoms with van der Waals surface area (Å²) in [5.41, 5.74) is 5.79. The molecule has 0 saturated carbocycles. The monoisotopic (exact) mass is 229 g/mol. The summed E-state index contributed by atoms with van der Waals surface area (Å²) >= 11 is 5.69. The van der Waals surface area contributed by atoms with Gasteiger partial charge in [-0.1, -0.05) is 17.7 Å². The van der Waals surface area contributed by atoms with E-state index < -0.39 is 12.2 Å². The van der Waals surface area contributed by atoms with Crippen LogP contribution in [0.3, 0.4) is 0 Å². The van der Waals surface area contributed by atoms with E-state index in [-0.39, 0.29) is 12.1 Å². The topological polar surface area (TPSA) is 83.6 Å². The quantitative estimate of drug-likeness (QED) is 0.657. The van der Waals surface area contributed by atoms with E-state index in [0.717, 1.165) is 0 Å². The molecule has 0 aliphatic heterocycles. The summed E-state index contributed by atoms with van der Waals surface area (Å²) in [4.78, 5) is 10.7. The van der Waals surface area contributed by atoms with Crippen LogP contribution in [0.5, 0.6) is 0 Å². The molecule has 0 bridgehead atoms. The van der Waals surface area contributed by atoms with Crippen molar-refractivity contribution in [3.8, 4) is 0 Å². The zero-order valence-corrected chi connectivity index (χ0v) is 8.69. The highest BCUT2D eigenvalue weighted by atomic mass is 35.5. The number of aliphatic hydroxyl groups is 2. The Labute approximate surface area is 92.3 Å². The Bertz CT molecular complexity index is 357. The van der Waals surface area contributed by atoms with E-state index in [2.05, 4.69) is 0 Å². The maximum atomic E-state index is 10.7. The second-order valence-electron chi connectivity index (χ2n) is 3.14. The maximum Gasteiger partial charge on any atom is 0.150 e. The molecule has 0 spiro atoms. The molecule has 4 nitrogen and oxygen atoms in total. The second-order valence-corrected chi connectivity index (χ2v) is 3.58. The molecule has 0 aliphatic carbocycles. The first kappa shape index (κ1) is 12.1. The van der Waals surface area contributed by atoms with Crippen molar-refractivity contribution in [2.45, 2.75) is 12.2 Å². The zero-order chi connectivity index (χ0) is 11.4. The lowest BCUT2D eigenvalue weighted by molar-refractivity contribution is 0.0240. The number of aliphatic hydroxyl groups excluding tert-OH is 2. The van der Waals surface area contributed by atoms with Crippen molar-refractivity contribution in [3.05, 3.63) is 34.3 Å². The molecule has 0 radical (unpaired) electrons. The molecule has 2 unspecified atom stereocenters. The van der Waals surface area contributed by atoms with Crippen molar-refractivity contribution in [1.82, 2.24) is 0 Å². The zero-order valence-electron chi connectivity index (χ0n) is 7.93. The van der Waals surface area contributed by atoms with Gasteiger partial charge in [-0.05, 0) is 17.7 Å². The van der Waals surface area contributed by atoms with Crippen LogP contribution in [-0.2, 0) is 0 Å². The lowest BCUT2D eigenvalue weighted by Crippen LogP contribution is -2.27. The van der Waals surface area contributed by atoms with Crippen molar-refractivity contribution in [3.63, 3.8) is 0 Å². The van der Waals surface area contributed by atoms with Crippen molar-refractivity contribution >= 4 is 17.9 Å². The summed E-state index contributed by atoms with van der Waals surface area (Å²) in [7, 11) is 0. The number of aldehydes is 1. The molecule has 0 heterocycles. The number of benzene rings is 1. The second kappa shape index (κ2) is 5.23. The molecule has 82 valence electrons. The van der Waals surface area contributed by atoms with Gasteiger partial charge in [0.05, 0.1) is 6.10 Å². The lowest BCUT2D eigenvalue weighted by Gasteiger charge is -2.17. The van der Waals surface area contributed by atoms with E-state index in [1.54, 1.807) is 0 Å². The number of carbonyl (C=O) groups is 1. The largest absolute Gasteiger partial charge is 0.389 e. The third kappa shape index (κ3) is 2.76. The summed E-state index contributed by atoms with van der Waals surface area (Å²) in [6.07, 6.45) is -1.69. The SMILES string of the molecule is NCC(O)C(O)c1ccc(Cl)cc1C=O. The summed E-state index contributed by atoms with van der Waals surface area (Å²) in [6.45, 7) is -0.0813. The molecule has 2 atom stereocenters. The predicted octanol–water partition coefficient (Wildman–Crippen LogP) is 0.506. The van der Waals surface area contributed by atoms with Gasteiger partial charge < -0.3 is 15.9 Å². The molecule has 1 aromatic rings. The Morgan fingerprint density at radius 3 is 2.67 bits per heavy atom. The lowest BCUT2D eigenvalue weighted by atomic mass is 9.99. The van der Waals surface area contributed by atoms with Crippen LogP contribution in [0, 0.1) is 0 Å².